The Morgan fingerprint density at radius 3 is 2.80 bits per heavy atom. The molecule has 1 N–H and O–H groups in total. The first kappa shape index (κ1) is 12.9. The smallest absolute Gasteiger partial charge is 0.0543 e. The van der Waals surface area contributed by atoms with Crippen LogP contribution in [0.2, 0.25) is 0 Å². The van der Waals surface area contributed by atoms with E-state index in [-0.39, 0.29) is 0 Å². The van der Waals surface area contributed by atoms with E-state index in [2.05, 4.69) is 19.3 Å². The molecule has 1 saturated heterocycles. The molecule has 3 atom stereocenters. The first-order valence-electron chi connectivity index (χ1n) is 6.05. The average molecular weight is 215 g/mol. The molecular formula is C12H25NO2. The van der Waals surface area contributed by atoms with Gasteiger partial charge in [-0.3, -0.25) is 0 Å². The van der Waals surface area contributed by atoms with Crippen LogP contribution in [0.15, 0.2) is 0 Å². The van der Waals surface area contributed by atoms with Crippen LogP contribution in [0.4, 0.5) is 0 Å². The molecule has 0 aromatic heterocycles. The zero-order valence-corrected chi connectivity index (χ0v) is 10.3. The summed E-state index contributed by atoms with van der Waals surface area (Å²) in [6, 6.07) is 0.586. The summed E-state index contributed by atoms with van der Waals surface area (Å²) in [6.45, 7) is 4.00. The number of ether oxygens (including phenoxy) is 2. The van der Waals surface area contributed by atoms with Gasteiger partial charge in [-0.15, -0.1) is 0 Å². The van der Waals surface area contributed by atoms with Crippen molar-refractivity contribution in [1.29, 1.82) is 0 Å². The molecule has 0 amide bonds. The predicted molar refractivity (Wildman–Crippen MR) is 62.1 cm³/mol. The fourth-order valence-electron chi connectivity index (χ4n) is 2.23. The van der Waals surface area contributed by atoms with Gasteiger partial charge in [-0.25, -0.2) is 0 Å². The van der Waals surface area contributed by atoms with Crippen molar-refractivity contribution in [2.24, 2.45) is 5.92 Å². The summed E-state index contributed by atoms with van der Waals surface area (Å²) in [7, 11) is 3.83. The van der Waals surface area contributed by atoms with E-state index in [0.717, 1.165) is 19.6 Å². The van der Waals surface area contributed by atoms with E-state index in [1.807, 2.05) is 0 Å². The van der Waals surface area contributed by atoms with Gasteiger partial charge in [-0.05, 0) is 45.6 Å². The van der Waals surface area contributed by atoms with Crippen LogP contribution in [-0.4, -0.2) is 39.5 Å². The fraction of sp³-hybridized carbons (Fsp3) is 1.00. The number of hydrogen-bond donors (Lipinski definition) is 1. The SMILES string of the molecule is CNC(CCC(C)OC)C1CCCOC1. The summed E-state index contributed by atoms with van der Waals surface area (Å²) >= 11 is 0. The minimum absolute atomic E-state index is 0.366. The number of rotatable bonds is 6. The summed E-state index contributed by atoms with van der Waals surface area (Å²) in [5, 5.41) is 3.42. The molecule has 90 valence electrons. The fourth-order valence-corrected chi connectivity index (χ4v) is 2.23. The third-order valence-electron chi connectivity index (χ3n) is 3.42. The highest BCUT2D eigenvalue weighted by atomic mass is 16.5. The van der Waals surface area contributed by atoms with Crippen LogP contribution in [0.3, 0.4) is 0 Å². The van der Waals surface area contributed by atoms with Crippen molar-refractivity contribution in [1.82, 2.24) is 5.32 Å². The van der Waals surface area contributed by atoms with Crippen molar-refractivity contribution in [3.63, 3.8) is 0 Å². The molecule has 1 aliphatic rings. The second kappa shape index (κ2) is 7.20. The molecule has 0 saturated carbocycles. The number of nitrogens with one attached hydrogen (secondary N) is 1. The van der Waals surface area contributed by atoms with Crippen LogP contribution in [0, 0.1) is 5.92 Å². The first-order chi connectivity index (χ1) is 7.27. The Kier molecular flexibility index (Phi) is 6.22. The molecule has 0 aromatic carbocycles. The van der Waals surface area contributed by atoms with Crippen molar-refractivity contribution in [2.75, 3.05) is 27.4 Å². The van der Waals surface area contributed by atoms with E-state index in [9.17, 15) is 0 Å². The molecule has 1 rings (SSSR count). The lowest BCUT2D eigenvalue weighted by atomic mass is 9.90. The summed E-state index contributed by atoms with van der Waals surface area (Å²) < 4.78 is 10.8. The van der Waals surface area contributed by atoms with Crippen molar-refractivity contribution in [2.45, 2.75) is 44.8 Å². The lowest BCUT2D eigenvalue weighted by Gasteiger charge is -2.30. The Labute approximate surface area is 93.5 Å². The molecule has 3 nitrogen and oxygen atoms in total. The van der Waals surface area contributed by atoms with E-state index in [4.69, 9.17) is 9.47 Å². The van der Waals surface area contributed by atoms with E-state index < -0.39 is 0 Å². The maximum absolute atomic E-state index is 5.53. The maximum atomic E-state index is 5.53. The van der Waals surface area contributed by atoms with Crippen LogP contribution in [0.5, 0.6) is 0 Å². The molecule has 3 heteroatoms. The summed E-state index contributed by atoms with van der Waals surface area (Å²) in [5.74, 6) is 0.688. The van der Waals surface area contributed by atoms with Crippen molar-refractivity contribution < 1.29 is 9.47 Å². The third-order valence-corrected chi connectivity index (χ3v) is 3.42. The Morgan fingerprint density at radius 1 is 1.47 bits per heavy atom. The largest absolute Gasteiger partial charge is 0.382 e. The lowest BCUT2D eigenvalue weighted by Crippen LogP contribution is -2.38. The number of hydrogen-bond acceptors (Lipinski definition) is 3. The molecule has 0 aromatic rings. The van der Waals surface area contributed by atoms with Gasteiger partial charge < -0.3 is 14.8 Å². The maximum Gasteiger partial charge on any atom is 0.0543 e. The van der Waals surface area contributed by atoms with Crippen LogP contribution in [-0.2, 0) is 9.47 Å². The van der Waals surface area contributed by atoms with Crippen LogP contribution >= 0.6 is 0 Å². The first-order valence-corrected chi connectivity index (χ1v) is 6.05. The molecule has 1 fully saturated rings. The lowest BCUT2D eigenvalue weighted by molar-refractivity contribution is 0.0347. The van der Waals surface area contributed by atoms with Gasteiger partial charge in [0.15, 0.2) is 0 Å². The molecule has 1 heterocycles. The molecule has 3 unspecified atom stereocenters. The molecule has 1 aliphatic heterocycles. The average Bonchev–Trinajstić information content (AvgIpc) is 2.31. The summed E-state index contributed by atoms with van der Waals surface area (Å²) in [4.78, 5) is 0. The highest BCUT2D eigenvalue weighted by molar-refractivity contribution is 4.77. The van der Waals surface area contributed by atoms with Crippen LogP contribution in [0.1, 0.15) is 32.6 Å². The standard InChI is InChI=1S/C12H25NO2/c1-10(14-3)6-7-12(13-2)11-5-4-8-15-9-11/h10-13H,4-9H2,1-3H3. The van der Waals surface area contributed by atoms with Crippen LogP contribution in [0.25, 0.3) is 0 Å². The second-order valence-corrected chi connectivity index (χ2v) is 4.50. The highest BCUT2D eigenvalue weighted by Crippen LogP contribution is 2.21. The Morgan fingerprint density at radius 2 is 2.27 bits per heavy atom. The van der Waals surface area contributed by atoms with Crippen molar-refractivity contribution in [3.8, 4) is 0 Å². The van der Waals surface area contributed by atoms with Gasteiger partial charge in [0.25, 0.3) is 0 Å². The highest BCUT2D eigenvalue weighted by Gasteiger charge is 2.22. The molecule has 15 heavy (non-hydrogen) atoms. The molecule has 0 bridgehead atoms. The van der Waals surface area contributed by atoms with Crippen molar-refractivity contribution in [3.05, 3.63) is 0 Å². The summed E-state index contributed by atoms with van der Waals surface area (Å²) in [5.41, 5.74) is 0. The Hall–Kier alpha value is -0.120. The van der Waals surface area contributed by atoms with E-state index in [1.165, 1.54) is 19.3 Å². The van der Waals surface area contributed by atoms with Gasteiger partial charge >= 0.3 is 0 Å². The quantitative estimate of drug-likeness (QED) is 0.733. The zero-order chi connectivity index (χ0) is 11.1. The summed E-state index contributed by atoms with van der Waals surface area (Å²) in [6.07, 6.45) is 5.18. The van der Waals surface area contributed by atoms with E-state index >= 15 is 0 Å². The minimum atomic E-state index is 0.366. The zero-order valence-electron chi connectivity index (χ0n) is 10.3. The van der Waals surface area contributed by atoms with Gasteiger partial charge in [-0.2, -0.15) is 0 Å². The van der Waals surface area contributed by atoms with Crippen molar-refractivity contribution >= 4 is 0 Å². The topological polar surface area (TPSA) is 30.5 Å². The van der Waals surface area contributed by atoms with Gasteiger partial charge in [-0.1, -0.05) is 0 Å². The minimum Gasteiger partial charge on any atom is -0.382 e. The van der Waals surface area contributed by atoms with Gasteiger partial charge in [0.05, 0.1) is 12.7 Å². The Balaban J connectivity index is 2.27. The van der Waals surface area contributed by atoms with Gasteiger partial charge in [0, 0.05) is 19.8 Å². The molecule has 0 aliphatic carbocycles. The monoisotopic (exact) mass is 215 g/mol. The Bertz CT molecular complexity index is 158. The molecular weight excluding hydrogens is 190 g/mol. The van der Waals surface area contributed by atoms with Gasteiger partial charge in [0.2, 0.25) is 0 Å². The predicted octanol–water partition coefficient (Wildman–Crippen LogP) is 1.82. The van der Waals surface area contributed by atoms with Gasteiger partial charge in [0.1, 0.15) is 0 Å². The molecule has 0 spiro atoms. The molecule has 0 radical (unpaired) electrons. The van der Waals surface area contributed by atoms with E-state index in [1.54, 1.807) is 7.11 Å². The van der Waals surface area contributed by atoms with Crippen LogP contribution < -0.4 is 5.32 Å². The van der Waals surface area contributed by atoms with E-state index in [0.29, 0.717) is 18.1 Å². The second-order valence-electron chi connectivity index (χ2n) is 4.50. The number of methoxy groups -OCH3 is 1. The third kappa shape index (κ3) is 4.49. The normalized spacial score (nSPS) is 26.2.